The van der Waals surface area contributed by atoms with Crippen molar-refractivity contribution in [3.8, 4) is 0 Å². The van der Waals surface area contributed by atoms with Crippen molar-refractivity contribution in [3.63, 3.8) is 0 Å². The van der Waals surface area contributed by atoms with Gasteiger partial charge in [-0.25, -0.2) is 4.79 Å². The van der Waals surface area contributed by atoms with Crippen molar-refractivity contribution in [2.45, 2.75) is 65.0 Å². The standard InChI is InChI=1S/C19H32N2O2/c1-6-10-17(14-21-18(22)23-19(3,4)5)20-13-15(2)16-11-8-7-9-12-16/h7-9,11-12,15,17,20H,6,10,13-14H2,1-5H3,(H,21,22). The van der Waals surface area contributed by atoms with Crippen molar-refractivity contribution in [1.29, 1.82) is 0 Å². The van der Waals surface area contributed by atoms with Gasteiger partial charge >= 0.3 is 6.09 Å². The Morgan fingerprint density at radius 3 is 2.39 bits per heavy atom. The number of nitrogens with one attached hydrogen (secondary N) is 2. The van der Waals surface area contributed by atoms with E-state index >= 15 is 0 Å². The number of alkyl carbamates (subject to hydrolysis) is 1. The van der Waals surface area contributed by atoms with E-state index < -0.39 is 5.60 Å². The zero-order chi connectivity index (χ0) is 17.3. The number of carbonyl (C=O) groups excluding carboxylic acids is 1. The van der Waals surface area contributed by atoms with Crippen molar-refractivity contribution in [2.24, 2.45) is 0 Å². The Morgan fingerprint density at radius 1 is 1.17 bits per heavy atom. The predicted octanol–water partition coefficient (Wildman–Crippen LogP) is 4.07. The van der Waals surface area contributed by atoms with E-state index in [9.17, 15) is 4.79 Å². The van der Waals surface area contributed by atoms with Crippen LogP contribution in [0.2, 0.25) is 0 Å². The third-order valence-electron chi connectivity index (χ3n) is 3.61. The summed E-state index contributed by atoms with van der Waals surface area (Å²) in [5.74, 6) is 0.442. The number of benzene rings is 1. The van der Waals surface area contributed by atoms with Gasteiger partial charge in [0.05, 0.1) is 0 Å². The summed E-state index contributed by atoms with van der Waals surface area (Å²) in [6.45, 7) is 11.5. The molecule has 0 spiro atoms. The average Bonchev–Trinajstić information content (AvgIpc) is 2.49. The molecule has 23 heavy (non-hydrogen) atoms. The van der Waals surface area contributed by atoms with Crippen LogP contribution in [0.1, 0.15) is 58.9 Å². The van der Waals surface area contributed by atoms with E-state index in [1.165, 1.54) is 5.56 Å². The van der Waals surface area contributed by atoms with Crippen LogP contribution in [0.3, 0.4) is 0 Å². The highest BCUT2D eigenvalue weighted by atomic mass is 16.6. The minimum absolute atomic E-state index is 0.263. The van der Waals surface area contributed by atoms with Gasteiger partial charge in [-0.05, 0) is 38.7 Å². The van der Waals surface area contributed by atoms with Crippen molar-refractivity contribution in [2.75, 3.05) is 13.1 Å². The molecular weight excluding hydrogens is 288 g/mol. The van der Waals surface area contributed by atoms with E-state index in [-0.39, 0.29) is 12.1 Å². The van der Waals surface area contributed by atoms with Crippen LogP contribution >= 0.6 is 0 Å². The van der Waals surface area contributed by atoms with E-state index in [1.54, 1.807) is 0 Å². The second-order valence-corrected chi connectivity index (χ2v) is 7.09. The Hall–Kier alpha value is -1.55. The van der Waals surface area contributed by atoms with Gasteiger partial charge in [-0.1, -0.05) is 50.6 Å². The summed E-state index contributed by atoms with van der Waals surface area (Å²) in [4.78, 5) is 11.8. The third-order valence-corrected chi connectivity index (χ3v) is 3.61. The van der Waals surface area contributed by atoms with Gasteiger partial charge in [0.1, 0.15) is 5.60 Å². The molecule has 0 aliphatic rings. The molecule has 0 saturated heterocycles. The number of hydrogen-bond donors (Lipinski definition) is 2. The van der Waals surface area contributed by atoms with Crippen molar-refractivity contribution >= 4 is 6.09 Å². The quantitative estimate of drug-likeness (QED) is 0.759. The number of hydrogen-bond acceptors (Lipinski definition) is 3. The van der Waals surface area contributed by atoms with Gasteiger partial charge in [-0.2, -0.15) is 0 Å². The van der Waals surface area contributed by atoms with Gasteiger partial charge in [0.15, 0.2) is 0 Å². The molecule has 4 nitrogen and oxygen atoms in total. The minimum Gasteiger partial charge on any atom is -0.444 e. The van der Waals surface area contributed by atoms with Gasteiger partial charge in [-0.3, -0.25) is 0 Å². The maximum Gasteiger partial charge on any atom is 0.407 e. The normalized spacial score (nSPS) is 14.1. The summed E-state index contributed by atoms with van der Waals surface area (Å²) in [5.41, 5.74) is 0.870. The molecule has 1 aromatic rings. The molecule has 1 aromatic carbocycles. The molecule has 0 fully saturated rings. The molecule has 1 rings (SSSR count). The van der Waals surface area contributed by atoms with Crippen LogP contribution in [0.4, 0.5) is 4.79 Å². The first kappa shape index (κ1) is 19.5. The lowest BCUT2D eigenvalue weighted by atomic mass is 10.0. The molecule has 4 heteroatoms. The van der Waals surface area contributed by atoms with Crippen LogP contribution < -0.4 is 10.6 Å². The fraction of sp³-hybridized carbons (Fsp3) is 0.632. The predicted molar refractivity (Wildman–Crippen MR) is 95.8 cm³/mol. The highest BCUT2D eigenvalue weighted by Crippen LogP contribution is 2.13. The topological polar surface area (TPSA) is 50.4 Å². The molecule has 0 saturated carbocycles. The summed E-state index contributed by atoms with van der Waals surface area (Å²) in [6.07, 6.45) is 1.75. The highest BCUT2D eigenvalue weighted by molar-refractivity contribution is 5.67. The maximum atomic E-state index is 11.8. The SMILES string of the molecule is CCCC(CNC(=O)OC(C)(C)C)NCC(C)c1ccccc1. The number of amides is 1. The van der Waals surface area contributed by atoms with Crippen LogP contribution in [-0.2, 0) is 4.74 Å². The van der Waals surface area contributed by atoms with E-state index in [2.05, 4.69) is 48.7 Å². The summed E-state index contributed by atoms with van der Waals surface area (Å²) in [5, 5.41) is 6.43. The number of rotatable bonds is 8. The fourth-order valence-corrected chi connectivity index (χ4v) is 2.39. The van der Waals surface area contributed by atoms with Crippen molar-refractivity contribution in [1.82, 2.24) is 10.6 Å². The Balaban J connectivity index is 2.41. The monoisotopic (exact) mass is 320 g/mol. The average molecular weight is 320 g/mol. The second kappa shape index (κ2) is 9.56. The van der Waals surface area contributed by atoms with E-state index in [1.807, 2.05) is 26.8 Å². The van der Waals surface area contributed by atoms with Crippen LogP contribution in [-0.4, -0.2) is 30.8 Å². The third kappa shape index (κ3) is 8.60. The lowest BCUT2D eigenvalue weighted by molar-refractivity contribution is 0.0521. The Morgan fingerprint density at radius 2 is 1.83 bits per heavy atom. The smallest absolute Gasteiger partial charge is 0.407 e. The first-order valence-electron chi connectivity index (χ1n) is 8.57. The van der Waals surface area contributed by atoms with E-state index in [0.717, 1.165) is 19.4 Å². The second-order valence-electron chi connectivity index (χ2n) is 7.09. The Labute approximate surface area is 141 Å². The highest BCUT2D eigenvalue weighted by Gasteiger charge is 2.17. The lowest BCUT2D eigenvalue weighted by Gasteiger charge is -2.23. The Bertz CT molecular complexity index is 454. The van der Waals surface area contributed by atoms with Crippen molar-refractivity contribution < 1.29 is 9.53 Å². The van der Waals surface area contributed by atoms with Crippen LogP contribution in [0.5, 0.6) is 0 Å². The van der Waals surface area contributed by atoms with Gasteiger partial charge in [0.25, 0.3) is 0 Å². The molecule has 2 N–H and O–H groups in total. The lowest BCUT2D eigenvalue weighted by Crippen LogP contribution is -2.43. The summed E-state index contributed by atoms with van der Waals surface area (Å²) < 4.78 is 5.28. The van der Waals surface area contributed by atoms with Gasteiger partial charge < -0.3 is 15.4 Å². The van der Waals surface area contributed by atoms with E-state index in [0.29, 0.717) is 12.5 Å². The van der Waals surface area contributed by atoms with Gasteiger partial charge in [-0.15, -0.1) is 0 Å². The van der Waals surface area contributed by atoms with Gasteiger partial charge in [0.2, 0.25) is 0 Å². The Kier molecular flexibility index (Phi) is 8.10. The fourth-order valence-electron chi connectivity index (χ4n) is 2.39. The van der Waals surface area contributed by atoms with Crippen LogP contribution in [0.25, 0.3) is 0 Å². The number of ether oxygens (including phenoxy) is 1. The zero-order valence-corrected chi connectivity index (χ0v) is 15.2. The molecule has 0 aliphatic carbocycles. The molecule has 1 amide bonds. The molecule has 130 valence electrons. The molecule has 0 radical (unpaired) electrons. The molecule has 0 bridgehead atoms. The summed E-state index contributed by atoms with van der Waals surface area (Å²) >= 11 is 0. The number of carbonyl (C=O) groups is 1. The summed E-state index contributed by atoms with van der Waals surface area (Å²) in [6, 6.07) is 10.7. The molecule has 0 heterocycles. The van der Waals surface area contributed by atoms with E-state index in [4.69, 9.17) is 4.74 Å². The first-order chi connectivity index (χ1) is 10.8. The zero-order valence-electron chi connectivity index (χ0n) is 15.2. The first-order valence-corrected chi connectivity index (χ1v) is 8.57. The maximum absolute atomic E-state index is 11.8. The van der Waals surface area contributed by atoms with Crippen LogP contribution in [0, 0.1) is 0 Å². The molecule has 2 unspecified atom stereocenters. The molecular formula is C19H32N2O2. The minimum atomic E-state index is -0.459. The molecule has 0 aromatic heterocycles. The van der Waals surface area contributed by atoms with Crippen molar-refractivity contribution in [3.05, 3.63) is 35.9 Å². The molecule has 2 atom stereocenters. The van der Waals surface area contributed by atoms with Crippen LogP contribution in [0.15, 0.2) is 30.3 Å². The summed E-state index contributed by atoms with van der Waals surface area (Å²) in [7, 11) is 0. The molecule has 0 aliphatic heterocycles. The largest absolute Gasteiger partial charge is 0.444 e. The van der Waals surface area contributed by atoms with Gasteiger partial charge in [0, 0.05) is 19.1 Å².